The van der Waals surface area contributed by atoms with Crippen LogP contribution in [-0.4, -0.2) is 5.11 Å². The van der Waals surface area contributed by atoms with E-state index in [1.54, 1.807) is 18.2 Å². The zero-order chi connectivity index (χ0) is 11.5. The van der Waals surface area contributed by atoms with Crippen molar-refractivity contribution >= 4 is 11.8 Å². The number of nitrogens with two attached hydrogens (primary N) is 1. The van der Waals surface area contributed by atoms with Crippen molar-refractivity contribution in [3.63, 3.8) is 0 Å². The van der Waals surface area contributed by atoms with Gasteiger partial charge in [-0.3, -0.25) is 0 Å². The maximum Gasteiger partial charge on any atom is 0.117 e. The molecule has 2 nitrogen and oxygen atoms in total. The molecule has 2 heteroatoms. The third kappa shape index (κ3) is 1.91. The molecule has 0 saturated carbocycles. The van der Waals surface area contributed by atoms with E-state index in [-0.39, 0.29) is 5.75 Å². The standard InChI is InChI=1S/C14H13NO/c1-2-10-3-5-11(6-4-10)13-8-7-12(16)9-14(13)15/h2-9,16H,1,15H2. The Hall–Kier alpha value is -2.22. The summed E-state index contributed by atoms with van der Waals surface area (Å²) in [6.07, 6.45) is 1.80. The Morgan fingerprint density at radius 1 is 1.06 bits per heavy atom. The first kappa shape index (κ1) is 10.3. The summed E-state index contributed by atoms with van der Waals surface area (Å²) in [7, 11) is 0. The van der Waals surface area contributed by atoms with Crippen LogP contribution in [0.25, 0.3) is 17.2 Å². The smallest absolute Gasteiger partial charge is 0.117 e. The quantitative estimate of drug-likeness (QED) is 0.749. The van der Waals surface area contributed by atoms with Crippen LogP contribution in [0.4, 0.5) is 5.69 Å². The molecule has 0 saturated heterocycles. The molecule has 0 atom stereocenters. The second kappa shape index (κ2) is 4.11. The summed E-state index contributed by atoms with van der Waals surface area (Å²) >= 11 is 0. The van der Waals surface area contributed by atoms with Gasteiger partial charge in [0.25, 0.3) is 0 Å². The van der Waals surface area contributed by atoms with Gasteiger partial charge in [0.1, 0.15) is 5.75 Å². The number of hydrogen-bond donors (Lipinski definition) is 2. The van der Waals surface area contributed by atoms with Crippen molar-refractivity contribution in [3.05, 3.63) is 54.6 Å². The molecule has 0 heterocycles. The van der Waals surface area contributed by atoms with Gasteiger partial charge in [0.2, 0.25) is 0 Å². The lowest BCUT2D eigenvalue weighted by atomic mass is 10.0. The third-order valence-corrected chi connectivity index (χ3v) is 2.49. The molecular formula is C14H13NO. The summed E-state index contributed by atoms with van der Waals surface area (Å²) in [5.74, 6) is 0.184. The van der Waals surface area contributed by atoms with E-state index in [9.17, 15) is 5.11 Å². The first-order valence-corrected chi connectivity index (χ1v) is 5.02. The van der Waals surface area contributed by atoms with E-state index in [4.69, 9.17) is 5.73 Å². The van der Waals surface area contributed by atoms with Crippen molar-refractivity contribution in [2.45, 2.75) is 0 Å². The fourth-order valence-corrected chi connectivity index (χ4v) is 1.61. The van der Waals surface area contributed by atoms with Crippen LogP contribution in [0.2, 0.25) is 0 Å². The van der Waals surface area contributed by atoms with E-state index in [1.807, 2.05) is 30.3 Å². The van der Waals surface area contributed by atoms with Gasteiger partial charge >= 0.3 is 0 Å². The van der Waals surface area contributed by atoms with Gasteiger partial charge in [-0.25, -0.2) is 0 Å². The fourth-order valence-electron chi connectivity index (χ4n) is 1.61. The topological polar surface area (TPSA) is 46.2 Å². The van der Waals surface area contributed by atoms with Gasteiger partial charge in [-0.2, -0.15) is 0 Å². The van der Waals surface area contributed by atoms with Crippen molar-refractivity contribution in [3.8, 4) is 16.9 Å². The lowest BCUT2D eigenvalue weighted by Gasteiger charge is -2.06. The van der Waals surface area contributed by atoms with Crippen LogP contribution in [-0.2, 0) is 0 Å². The molecule has 0 aromatic heterocycles. The van der Waals surface area contributed by atoms with E-state index >= 15 is 0 Å². The number of rotatable bonds is 2. The molecule has 0 aliphatic rings. The van der Waals surface area contributed by atoms with Crippen molar-refractivity contribution < 1.29 is 5.11 Å². The Kier molecular flexibility index (Phi) is 2.64. The van der Waals surface area contributed by atoms with Gasteiger partial charge < -0.3 is 10.8 Å². The number of hydrogen-bond acceptors (Lipinski definition) is 2. The summed E-state index contributed by atoms with van der Waals surface area (Å²) in [4.78, 5) is 0. The zero-order valence-electron chi connectivity index (χ0n) is 8.85. The fraction of sp³-hybridized carbons (Fsp3) is 0. The third-order valence-electron chi connectivity index (χ3n) is 2.49. The highest BCUT2D eigenvalue weighted by molar-refractivity contribution is 5.77. The minimum atomic E-state index is 0.184. The van der Waals surface area contributed by atoms with Crippen molar-refractivity contribution in [2.75, 3.05) is 5.73 Å². The summed E-state index contributed by atoms with van der Waals surface area (Å²) in [5.41, 5.74) is 9.44. The van der Waals surface area contributed by atoms with Crippen LogP contribution in [0.5, 0.6) is 5.75 Å². The van der Waals surface area contributed by atoms with Crippen LogP contribution < -0.4 is 5.73 Å². The largest absolute Gasteiger partial charge is 0.508 e. The second-order valence-corrected chi connectivity index (χ2v) is 3.60. The molecule has 0 aliphatic carbocycles. The number of phenolic OH excluding ortho intramolecular Hbond substituents is 1. The van der Waals surface area contributed by atoms with Gasteiger partial charge in [0, 0.05) is 17.3 Å². The number of anilines is 1. The predicted octanol–water partition coefficient (Wildman–Crippen LogP) is 3.28. The minimum absolute atomic E-state index is 0.184. The van der Waals surface area contributed by atoms with Gasteiger partial charge in [-0.05, 0) is 23.3 Å². The Morgan fingerprint density at radius 3 is 2.31 bits per heavy atom. The highest BCUT2D eigenvalue weighted by Crippen LogP contribution is 2.28. The Bertz CT molecular complexity index is 515. The maximum absolute atomic E-state index is 9.27. The molecule has 2 rings (SSSR count). The Balaban J connectivity index is 2.46. The minimum Gasteiger partial charge on any atom is -0.508 e. The molecule has 80 valence electrons. The molecule has 0 radical (unpaired) electrons. The summed E-state index contributed by atoms with van der Waals surface area (Å²) in [6, 6.07) is 12.9. The van der Waals surface area contributed by atoms with Gasteiger partial charge in [-0.1, -0.05) is 36.9 Å². The first-order chi connectivity index (χ1) is 7.70. The lowest BCUT2D eigenvalue weighted by molar-refractivity contribution is 0.476. The van der Waals surface area contributed by atoms with Gasteiger partial charge in [0.15, 0.2) is 0 Å². The number of aromatic hydroxyl groups is 1. The molecule has 0 amide bonds. The van der Waals surface area contributed by atoms with E-state index in [0.29, 0.717) is 5.69 Å². The van der Waals surface area contributed by atoms with Crippen molar-refractivity contribution in [1.29, 1.82) is 0 Å². The summed E-state index contributed by atoms with van der Waals surface area (Å²) in [5, 5.41) is 9.27. The van der Waals surface area contributed by atoms with Crippen molar-refractivity contribution in [1.82, 2.24) is 0 Å². The number of benzene rings is 2. The van der Waals surface area contributed by atoms with E-state index in [0.717, 1.165) is 16.7 Å². The molecule has 3 N–H and O–H groups in total. The molecule has 0 aliphatic heterocycles. The van der Waals surface area contributed by atoms with Crippen molar-refractivity contribution in [2.24, 2.45) is 0 Å². The lowest BCUT2D eigenvalue weighted by Crippen LogP contribution is -1.89. The Labute approximate surface area is 94.7 Å². The van der Waals surface area contributed by atoms with Crippen LogP contribution in [0.3, 0.4) is 0 Å². The number of phenols is 1. The molecule has 0 bridgehead atoms. The molecule has 0 fully saturated rings. The molecule has 2 aromatic rings. The zero-order valence-corrected chi connectivity index (χ0v) is 8.85. The Morgan fingerprint density at radius 2 is 1.75 bits per heavy atom. The second-order valence-electron chi connectivity index (χ2n) is 3.60. The summed E-state index contributed by atoms with van der Waals surface area (Å²) in [6.45, 7) is 3.70. The predicted molar refractivity (Wildman–Crippen MR) is 68.0 cm³/mol. The van der Waals surface area contributed by atoms with E-state index < -0.39 is 0 Å². The average molecular weight is 211 g/mol. The van der Waals surface area contributed by atoms with Crippen LogP contribution in [0.15, 0.2) is 49.0 Å². The van der Waals surface area contributed by atoms with Gasteiger partial charge in [0.05, 0.1) is 0 Å². The monoisotopic (exact) mass is 211 g/mol. The van der Waals surface area contributed by atoms with Crippen LogP contribution >= 0.6 is 0 Å². The van der Waals surface area contributed by atoms with Gasteiger partial charge in [-0.15, -0.1) is 0 Å². The molecule has 0 spiro atoms. The maximum atomic E-state index is 9.27. The molecule has 16 heavy (non-hydrogen) atoms. The van der Waals surface area contributed by atoms with Crippen LogP contribution in [0, 0.1) is 0 Å². The molecular weight excluding hydrogens is 198 g/mol. The molecule has 2 aromatic carbocycles. The average Bonchev–Trinajstić information content (AvgIpc) is 2.29. The van der Waals surface area contributed by atoms with E-state index in [1.165, 1.54) is 0 Å². The summed E-state index contributed by atoms with van der Waals surface area (Å²) < 4.78 is 0. The number of nitrogen functional groups attached to an aromatic ring is 1. The highest BCUT2D eigenvalue weighted by Gasteiger charge is 2.02. The van der Waals surface area contributed by atoms with E-state index in [2.05, 4.69) is 6.58 Å². The molecule has 0 unspecified atom stereocenters. The normalized spacial score (nSPS) is 10.0. The SMILES string of the molecule is C=Cc1ccc(-c2ccc(O)cc2N)cc1. The first-order valence-electron chi connectivity index (χ1n) is 5.02. The van der Waals surface area contributed by atoms with Crippen LogP contribution in [0.1, 0.15) is 5.56 Å². The highest BCUT2D eigenvalue weighted by atomic mass is 16.3.